The lowest BCUT2D eigenvalue weighted by Gasteiger charge is -2.41. The molecule has 3 aliphatic rings. The van der Waals surface area contributed by atoms with Crippen LogP contribution in [0, 0.1) is 0 Å². The molecule has 0 bridgehead atoms. The van der Waals surface area contributed by atoms with Crippen molar-refractivity contribution in [1.29, 1.82) is 0 Å². The van der Waals surface area contributed by atoms with E-state index in [1.165, 1.54) is 47.5 Å². The van der Waals surface area contributed by atoms with Gasteiger partial charge in [0.25, 0.3) is 5.91 Å². The number of nitrogens with one attached hydrogen (secondary N) is 1. The molecule has 2 fully saturated rings. The average molecular weight is 690 g/mol. The Kier molecular flexibility index (Phi) is 10.0. The standard InChI is InChI=1S/C42H47N3O6/c1-50-24-23-44-21-22-45-36-26-31(41(49)43-42(19-6-20-42)37(46)25-29-11-9-28(10-12-29)13-18-38(47)48)14-16-33(36)39(30-7-4-3-5-8-30)40(45)34-17-15-32(51-2)27-35(34)44/h9-18,26-27,30H,3-8,19-25H2,1-2H3,(H,43,49)(H,47,48)/b18-13+. The number of methoxy groups -OCH3 is 2. The first-order chi connectivity index (χ1) is 24.8. The second-order valence-corrected chi connectivity index (χ2v) is 14.2. The molecule has 2 saturated carbocycles. The van der Waals surface area contributed by atoms with E-state index in [9.17, 15) is 14.4 Å². The number of Topliss-reactive ketones (excluding diaryl/α,β-unsaturated/α-hetero) is 1. The van der Waals surface area contributed by atoms with Crippen molar-refractivity contribution in [3.8, 4) is 17.0 Å². The zero-order valence-electron chi connectivity index (χ0n) is 29.6. The van der Waals surface area contributed by atoms with Gasteiger partial charge >= 0.3 is 5.97 Å². The third kappa shape index (κ3) is 6.91. The molecule has 2 N–H and O–H groups in total. The SMILES string of the molecule is COCCN1CCn2c(c(C3CCCCC3)c3ccc(C(=O)NC4(C(=O)Cc5ccc(/C=C/C(=O)O)cc5)CCC4)cc32)-c2ccc(OC)cc21. The Balaban J connectivity index is 1.22. The molecule has 266 valence electrons. The van der Waals surface area contributed by atoms with E-state index in [0.717, 1.165) is 73.1 Å². The number of nitrogens with zero attached hydrogens (tertiary/aromatic N) is 2. The summed E-state index contributed by atoms with van der Waals surface area (Å²) < 4.78 is 13.6. The second kappa shape index (κ2) is 14.8. The highest BCUT2D eigenvalue weighted by atomic mass is 16.5. The van der Waals surface area contributed by atoms with Gasteiger partial charge in [-0.15, -0.1) is 0 Å². The maximum Gasteiger partial charge on any atom is 0.328 e. The van der Waals surface area contributed by atoms with Gasteiger partial charge in [-0.3, -0.25) is 9.59 Å². The Morgan fingerprint density at radius 2 is 1.73 bits per heavy atom. The van der Waals surface area contributed by atoms with E-state index in [0.29, 0.717) is 30.9 Å². The van der Waals surface area contributed by atoms with Crippen molar-refractivity contribution < 1.29 is 29.0 Å². The predicted octanol–water partition coefficient (Wildman–Crippen LogP) is 7.39. The van der Waals surface area contributed by atoms with Crippen molar-refractivity contribution in [3.63, 3.8) is 0 Å². The average Bonchev–Trinajstić information content (AvgIpc) is 3.37. The smallest absolute Gasteiger partial charge is 0.328 e. The molecule has 2 aliphatic carbocycles. The Bertz CT molecular complexity index is 1970. The van der Waals surface area contributed by atoms with Gasteiger partial charge in [0, 0.05) is 73.0 Å². The number of amides is 1. The van der Waals surface area contributed by atoms with Crippen molar-refractivity contribution in [1.82, 2.24) is 9.88 Å². The molecule has 9 nitrogen and oxygen atoms in total. The van der Waals surface area contributed by atoms with Crippen molar-refractivity contribution >= 4 is 40.3 Å². The normalized spacial score (nSPS) is 17.0. The van der Waals surface area contributed by atoms with Gasteiger partial charge in [-0.2, -0.15) is 0 Å². The third-order valence-corrected chi connectivity index (χ3v) is 11.2. The Morgan fingerprint density at radius 3 is 2.41 bits per heavy atom. The lowest BCUT2D eigenvalue weighted by molar-refractivity contribution is -0.131. The summed E-state index contributed by atoms with van der Waals surface area (Å²) in [6.07, 6.45) is 10.9. The van der Waals surface area contributed by atoms with Crippen molar-refractivity contribution in [2.75, 3.05) is 38.8 Å². The fraction of sp³-hybridized carbons (Fsp3) is 0.405. The highest BCUT2D eigenvalue weighted by Crippen LogP contribution is 2.48. The van der Waals surface area contributed by atoms with Crippen LogP contribution in [-0.2, 0) is 27.3 Å². The van der Waals surface area contributed by atoms with Gasteiger partial charge < -0.3 is 29.4 Å². The molecule has 4 aromatic rings. The first-order valence-corrected chi connectivity index (χ1v) is 18.2. The summed E-state index contributed by atoms with van der Waals surface area (Å²) in [7, 11) is 3.44. The number of fused-ring (bicyclic) bond motifs is 5. The number of aromatic nitrogens is 1. The van der Waals surface area contributed by atoms with Crippen molar-refractivity contribution in [2.24, 2.45) is 0 Å². The summed E-state index contributed by atoms with van der Waals surface area (Å²) in [5.74, 6) is 0.0220. The molecular weight excluding hydrogens is 642 g/mol. The van der Waals surface area contributed by atoms with Crippen LogP contribution >= 0.6 is 0 Å². The van der Waals surface area contributed by atoms with E-state index < -0.39 is 11.5 Å². The van der Waals surface area contributed by atoms with E-state index in [-0.39, 0.29) is 18.1 Å². The van der Waals surface area contributed by atoms with Crippen LogP contribution < -0.4 is 15.0 Å². The minimum Gasteiger partial charge on any atom is -0.497 e. The van der Waals surface area contributed by atoms with E-state index in [1.807, 2.05) is 30.3 Å². The molecule has 0 radical (unpaired) electrons. The van der Waals surface area contributed by atoms with E-state index >= 15 is 0 Å². The fourth-order valence-electron chi connectivity index (χ4n) is 8.28. The number of aliphatic carboxylic acids is 1. The fourth-order valence-corrected chi connectivity index (χ4v) is 8.28. The number of benzene rings is 3. The number of carbonyl (C=O) groups excluding carboxylic acids is 2. The molecule has 0 spiro atoms. The van der Waals surface area contributed by atoms with Crippen LogP contribution in [0.25, 0.3) is 28.2 Å². The molecule has 0 atom stereocenters. The summed E-state index contributed by atoms with van der Waals surface area (Å²) in [6.45, 7) is 2.92. The molecule has 1 amide bonds. The van der Waals surface area contributed by atoms with Gasteiger partial charge in [0.15, 0.2) is 5.78 Å². The summed E-state index contributed by atoms with van der Waals surface area (Å²) >= 11 is 0. The zero-order chi connectivity index (χ0) is 35.5. The van der Waals surface area contributed by atoms with Gasteiger partial charge in [-0.05, 0) is 85.1 Å². The Hall–Kier alpha value is -4.89. The molecule has 0 saturated heterocycles. The van der Waals surface area contributed by atoms with Crippen molar-refractivity contribution in [3.05, 3.63) is 89.0 Å². The molecule has 7 rings (SSSR count). The number of rotatable bonds is 12. The lowest BCUT2D eigenvalue weighted by atomic mass is 9.72. The van der Waals surface area contributed by atoms with E-state index in [4.69, 9.17) is 14.6 Å². The number of hydrogen-bond donors (Lipinski definition) is 2. The molecule has 0 unspecified atom stereocenters. The molecule has 9 heteroatoms. The van der Waals surface area contributed by atoms with Crippen LogP contribution in [0.1, 0.15) is 84.3 Å². The summed E-state index contributed by atoms with van der Waals surface area (Å²) in [4.78, 5) is 41.0. The minimum atomic E-state index is -1.01. The van der Waals surface area contributed by atoms with Gasteiger partial charge in [0.1, 0.15) is 5.75 Å². The highest BCUT2D eigenvalue weighted by molar-refractivity contribution is 6.04. The Labute approximate surface area is 299 Å². The zero-order valence-corrected chi connectivity index (χ0v) is 29.6. The van der Waals surface area contributed by atoms with Gasteiger partial charge in [0.05, 0.1) is 24.9 Å². The molecule has 3 aromatic carbocycles. The molecule has 2 heterocycles. The van der Waals surface area contributed by atoms with Crippen LogP contribution in [0.5, 0.6) is 5.75 Å². The van der Waals surface area contributed by atoms with Gasteiger partial charge in [-0.1, -0.05) is 49.6 Å². The molecule has 1 aliphatic heterocycles. The summed E-state index contributed by atoms with van der Waals surface area (Å²) in [5, 5.41) is 13.3. The summed E-state index contributed by atoms with van der Waals surface area (Å²) in [5.41, 5.74) is 7.24. The maximum absolute atomic E-state index is 14.0. The molecule has 1 aromatic heterocycles. The first kappa shape index (κ1) is 34.6. The van der Waals surface area contributed by atoms with Gasteiger partial charge in [-0.25, -0.2) is 4.79 Å². The highest BCUT2D eigenvalue weighted by Gasteiger charge is 2.45. The number of hydrogen-bond acceptors (Lipinski definition) is 6. The van der Waals surface area contributed by atoms with Crippen LogP contribution in [-0.4, -0.2) is 66.8 Å². The number of ketones is 1. The first-order valence-electron chi connectivity index (χ1n) is 18.2. The monoisotopic (exact) mass is 689 g/mol. The number of ether oxygens (including phenoxy) is 2. The Morgan fingerprint density at radius 1 is 0.941 bits per heavy atom. The quantitative estimate of drug-likeness (QED) is 0.149. The van der Waals surface area contributed by atoms with E-state index in [2.05, 4.69) is 33.0 Å². The van der Waals surface area contributed by atoms with E-state index in [1.54, 1.807) is 26.4 Å². The second-order valence-electron chi connectivity index (χ2n) is 14.2. The topological polar surface area (TPSA) is 110 Å². The van der Waals surface area contributed by atoms with Crippen LogP contribution in [0.2, 0.25) is 0 Å². The van der Waals surface area contributed by atoms with Crippen LogP contribution in [0.3, 0.4) is 0 Å². The maximum atomic E-state index is 14.0. The van der Waals surface area contributed by atoms with Crippen molar-refractivity contribution in [2.45, 2.75) is 75.8 Å². The lowest BCUT2D eigenvalue weighted by Crippen LogP contribution is -2.59. The largest absolute Gasteiger partial charge is 0.497 e. The number of anilines is 1. The minimum absolute atomic E-state index is 0.00340. The third-order valence-electron chi connectivity index (χ3n) is 11.2. The molecular formula is C42H47N3O6. The summed E-state index contributed by atoms with van der Waals surface area (Å²) in [6, 6.07) is 19.8. The van der Waals surface area contributed by atoms with Crippen LogP contribution in [0.4, 0.5) is 5.69 Å². The number of carboxylic acids is 1. The number of carbonyl (C=O) groups is 3. The predicted molar refractivity (Wildman–Crippen MR) is 200 cm³/mol. The van der Waals surface area contributed by atoms with Crippen LogP contribution in [0.15, 0.2) is 66.7 Å². The molecule has 51 heavy (non-hydrogen) atoms. The number of carboxylic acid groups (broad SMARTS) is 1. The van der Waals surface area contributed by atoms with Gasteiger partial charge in [0.2, 0.25) is 0 Å².